The van der Waals surface area contributed by atoms with Crippen LogP contribution in [0.25, 0.3) is 0 Å². The lowest BCUT2D eigenvalue weighted by atomic mass is 10.0. The fraction of sp³-hybridized carbons (Fsp3) is 0.467. The molecule has 0 spiro atoms. The number of carboxylic acids is 1. The molecule has 0 fully saturated rings. The van der Waals surface area contributed by atoms with Crippen LogP contribution in [-0.4, -0.2) is 37.7 Å². The van der Waals surface area contributed by atoms with Gasteiger partial charge in [0.25, 0.3) is 5.91 Å². The summed E-state index contributed by atoms with van der Waals surface area (Å²) in [6, 6.07) is 3.52. The summed E-state index contributed by atoms with van der Waals surface area (Å²) in [5, 5.41) is 11.6. The Bertz CT molecular complexity index is 698. The highest BCUT2D eigenvalue weighted by atomic mass is 32.2. The van der Waals surface area contributed by atoms with E-state index in [1.165, 1.54) is 12.1 Å². The summed E-state index contributed by atoms with van der Waals surface area (Å²) in [7, 11) is -3.47. The summed E-state index contributed by atoms with van der Waals surface area (Å²) in [6.07, 6.45) is 1.32. The zero-order valence-electron chi connectivity index (χ0n) is 13.6. The van der Waals surface area contributed by atoms with Gasteiger partial charge < -0.3 is 10.4 Å². The Kier molecular flexibility index (Phi) is 6.14. The molecule has 1 rings (SSSR count). The van der Waals surface area contributed by atoms with Gasteiger partial charge in [0.05, 0.1) is 11.9 Å². The first-order valence-electron chi connectivity index (χ1n) is 7.11. The van der Waals surface area contributed by atoms with Crippen LogP contribution in [0, 0.1) is 12.8 Å². The van der Waals surface area contributed by atoms with E-state index in [-0.39, 0.29) is 17.2 Å². The first-order chi connectivity index (χ1) is 10.5. The summed E-state index contributed by atoms with van der Waals surface area (Å²) in [5.74, 6) is -1.56. The predicted molar refractivity (Wildman–Crippen MR) is 88.0 cm³/mol. The Morgan fingerprint density at radius 1 is 1.26 bits per heavy atom. The molecular formula is C15H22N2O5S. The highest BCUT2D eigenvalue weighted by Gasteiger charge is 2.22. The molecule has 0 saturated heterocycles. The Balaban J connectivity index is 2.99. The first-order valence-corrected chi connectivity index (χ1v) is 9.01. The third kappa shape index (κ3) is 6.27. The van der Waals surface area contributed by atoms with E-state index in [0.29, 0.717) is 12.0 Å². The maximum absolute atomic E-state index is 12.2. The summed E-state index contributed by atoms with van der Waals surface area (Å²) in [5.41, 5.74) is 1.14. The number of hydrogen-bond acceptors (Lipinski definition) is 4. The molecule has 128 valence electrons. The molecule has 1 aromatic carbocycles. The lowest BCUT2D eigenvalue weighted by Gasteiger charge is -2.17. The number of hydrogen-bond donors (Lipinski definition) is 3. The molecule has 0 unspecified atom stereocenters. The number of sulfonamides is 1. The highest BCUT2D eigenvalue weighted by molar-refractivity contribution is 7.92. The average molecular weight is 342 g/mol. The molecule has 0 heterocycles. The van der Waals surface area contributed by atoms with Gasteiger partial charge >= 0.3 is 5.97 Å². The van der Waals surface area contributed by atoms with Crippen molar-refractivity contribution in [2.75, 3.05) is 11.0 Å². The molecule has 0 bridgehead atoms. The molecule has 0 aromatic heterocycles. The third-order valence-corrected chi connectivity index (χ3v) is 3.70. The van der Waals surface area contributed by atoms with E-state index in [1.807, 2.05) is 13.8 Å². The number of aryl methyl sites for hydroxylation is 1. The Labute approximate surface area is 136 Å². The fourth-order valence-electron chi connectivity index (χ4n) is 2.01. The predicted octanol–water partition coefficient (Wildman–Crippen LogP) is 1.60. The van der Waals surface area contributed by atoms with Crippen LogP contribution in [0.3, 0.4) is 0 Å². The number of benzene rings is 1. The van der Waals surface area contributed by atoms with E-state index < -0.39 is 27.9 Å². The van der Waals surface area contributed by atoms with Crippen molar-refractivity contribution in [2.24, 2.45) is 5.92 Å². The van der Waals surface area contributed by atoms with Gasteiger partial charge in [-0.1, -0.05) is 19.9 Å². The monoisotopic (exact) mass is 342 g/mol. The van der Waals surface area contributed by atoms with Gasteiger partial charge in [0.2, 0.25) is 10.0 Å². The van der Waals surface area contributed by atoms with E-state index in [4.69, 9.17) is 5.11 Å². The number of aliphatic carboxylic acids is 1. The minimum atomic E-state index is -3.47. The second-order valence-corrected chi connectivity index (χ2v) is 7.65. The van der Waals surface area contributed by atoms with Crippen LogP contribution in [0.15, 0.2) is 18.2 Å². The molecule has 1 atom stereocenters. The van der Waals surface area contributed by atoms with Crippen molar-refractivity contribution in [3.63, 3.8) is 0 Å². The van der Waals surface area contributed by atoms with Crippen LogP contribution in [0.5, 0.6) is 0 Å². The number of rotatable bonds is 7. The maximum Gasteiger partial charge on any atom is 0.326 e. The van der Waals surface area contributed by atoms with Crippen LogP contribution in [0.1, 0.15) is 36.2 Å². The molecule has 1 amide bonds. The van der Waals surface area contributed by atoms with Crippen LogP contribution in [-0.2, 0) is 14.8 Å². The molecule has 0 aliphatic rings. The molecule has 8 heteroatoms. The van der Waals surface area contributed by atoms with Gasteiger partial charge in [-0.3, -0.25) is 9.52 Å². The molecule has 0 aliphatic carbocycles. The standard InChI is InChI=1S/C15H22N2O5S/c1-9(2)7-13(15(19)20)16-14(18)11-6-5-10(3)12(8-11)17-23(4,21)22/h5-6,8-9,13,17H,7H2,1-4H3,(H,16,18)(H,19,20)/t13-/m1/s1. The minimum Gasteiger partial charge on any atom is -0.480 e. The minimum absolute atomic E-state index is 0.108. The molecule has 1 aromatic rings. The zero-order chi connectivity index (χ0) is 17.8. The van der Waals surface area contributed by atoms with E-state index in [1.54, 1.807) is 13.0 Å². The SMILES string of the molecule is Cc1ccc(C(=O)N[C@H](CC(C)C)C(=O)O)cc1NS(C)(=O)=O. The van der Waals surface area contributed by atoms with Crippen LogP contribution in [0.4, 0.5) is 5.69 Å². The highest BCUT2D eigenvalue weighted by Crippen LogP contribution is 2.18. The van der Waals surface area contributed by atoms with Gasteiger partial charge in [-0.25, -0.2) is 13.2 Å². The van der Waals surface area contributed by atoms with Gasteiger partial charge in [-0.2, -0.15) is 0 Å². The van der Waals surface area contributed by atoms with Crippen molar-refractivity contribution in [1.29, 1.82) is 0 Å². The van der Waals surface area contributed by atoms with Crippen molar-refractivity contribution < 1.29 is 23.1 Å². The number of amides is 1. The second kappa shape index (κ2) is 7.45. The van der Waals surface area contributed by atoms with E-state index in [9.17, 15) is 18.0 Å². The smallest absolute Gasteiger partial charge is 0.326 e. The van der Waals surface area contributed by atoms with E-state index in [0.717, 1.165) is 6.26 Å². The van der Waals surface area contributed by atoms with Gasteiger partial charge in [-0.05, 0) is 37.0 Å². The molecular weight excluding hydrogens is 320 g/mol. The van der Waals surface area contributed by atoms with Gasteiger partial charge in [-0.15, -0.1) is 0 Å². The number of anilines is 1. The van der Waals surface area contributed by atoms with E-state index in [2.05, 4.69) is 10.0 Å². The van der Waals surface area contributed by atoms with Crippen LogP contribution < -0.4 is 10.0 Å². The summed E-state index contributed by atoms with van der Waals surface area (Å²) < 4.78 is 25.0. The van der Waals surface area contributed by atoms with Gasteiger partial charge in [0.15, 0.2) is 0 Å². The van der Waals surface area contributed by atoms with Crippen LogP contribution >= 0.6 is 0 Å². The molecule has 3 N–H and O–H groups in total. The van der Waals surface area contributed by atoms with Crippen molar-refractivity contribution in [3.05, 3.63) is 29.3 Å². The largest absolute Gasteiger partial charge is 0.480 e. The topological polar surface area (TPSA) is 113 Å². The Morgan fingerprint density at radius 2 is 1.87 bits per heavy atom. The normalized spacial score (nSPS) is 12.7. The Hall–Kier alpha value is -2.09. The number of carboxylic acid groups (broad SMARTS) is 1. The first kappa shape index (κ1) is 19.0. The number of carbonyl (C=O) groups excluding carboxylic acids is 1. The average Bonchev–Trinajstić information content (AvgIpc) is 2.38. The van der Waals surface area contributed by atoms with Gasteiger partial charge in [0.1, 0.15) is 6.04 Å². The number of nitrogens with one attached hydrogen (secondary N) is 2. The summed E-state index contributed by atoms with van der Waals surface area (Å²) in [4.78, 5) is 23.4. The molecule has 7 nitrogen and oxygen atoms in total. The maximum atomic E-state index is 12.2. The molecule has 0 saturated carbocycles. The van der Waals surface area contributed by atoms with Gasteiger partial charge in [0, 0.05) is 5.56 Å². The number of carbonyl (C=O) groups is 2. The lowest BCUT2D eigenvalue weighted by Crippen LogP contribution is -2.41. The van der Waals surface area contributed by atoms with Crippen molar-refractivity contribution in [3.8, 4) is 0 Å². The van der Waals surface area contributed by atoms with Crippen molar-refractivity contribution in [1.82, 2.24) is 5.32 Å². The van der Waals surface area contributed by atoms with Crippen molar-refractivity contribution in [2.45, 2.75) is 33.2 Å². The van der Waals surface area contributed by atoms with E-state index >= 15 is 0 Å². The third-order valence-electron chi connectivity index (χ3n) is 3.11. The Morgan fingerprint density at radius 3 is 2.35 bits per heavy atom. The molecule has 23 heavy (non-hydrogen) atoms. The zero-order valence-corrected chi connectivity index (χ0v) is 14.4. The molecule has 0 radical (unpaired) electrons. The summed E-state index contributed by atoms with van der Waals surface area (Å²) in [6.45, 7) is 5.43. The summed E-state index contributed by atoms with van der Waals surface area (Å²) >= 11 is 0. The molecule has 0 aliphatic heterocycles. The van der Waals surface area contributed by atoms with Crippen molar-refractivity contribution >= 4 is 27.6 Å². The fourth-order valence-corrected chi connectivity index (χ4v) is 2.63. The lowest BCUT2D eigenvalue weighted by molar-refractivity contribution is -0.139. The second-order valence-electron chi connectivity index (χ2n) is 5.90. The van der Waals surface area contributed by atoms with Crippen LogP contribution in [0.2, 0.25) is 0 Å². The quantitative estimate of drug-likeness (QED) is 0.696.